The zero-order valence-corrected chi connectivity index (χ0v) is 11.2. The number of nitrogens with one attached hydrogen (secondary N) is 1. The molecule has 3 nitrogen and oxygen atoms in total. The average Bonchev–Trinajstić information content (AvgIpc) is 2.36. The molecule has 0 aliphatic heterocycles. The SMILES string of the molecule is CCCOc1ccc(C(C)NCC)cc1OC. The molecule has 0 spiro atoms. The van der Waals surface area contributed by atoms with Gasteiger partial charge < -0.3 is 14.8 Å². The van der Waals surface area contributed by atoms with Crippen molar-refractivity contribution in [3.05, 3.63) is 23.8 Å². The summed E-state index contributed by atoms with van der Waals surface area (Å²) in [7, 11) is 1.68. The monoisotopic (exact) mass is 237 g/mol. The van der Waals surface area contributed by atoms with Crippen LogP contribution in [0, 0.1) is 0 Å². The normalized spacial score (nSPS) is 12.2. The molecule has 0 radical (unpaired) electrons. The van der Waals surface area contributed by atoms with Crippen LogP contribution in [0.5, 0.6) is 11.5 Å². The second-order valence-corrected chi connectivity index (χ2v) is 4.04. The number of benzene rings is 1. The summed E-state index contributed by atoms with van der Waals surface area (Å²) < 4.78 is 11.0. The van der Waals surface area contributed by atoms with Gasteiger partial charge in [-0.15, -0.1) is 0 Å². The van der Waals surface area contributed by atoms with Crippen LogP contribution in [0.1, 0.15) is 38.8 Å². The van der Waals surface area contributed by atoms with Crippen LogP contribution in [0.3, 0.4) is 0 Å². The highest BCUT2D eigenvalue weighted by Gasteiger charge is 2.09. The summed E-state index contributed by atoms with van der Waals surface area (Å²) in [5.41, 5.74) is 1.22. The fourth-order valence-electron chi connectivity index (χ4n) is 1.71. The third kappa shape index (κ3) is 3.93. The van der Waals surface area contributed by atoms with Crippen molar-refractivity contribution in [2.24, 2.45) is 0 Å². The standard InChI is InChI=1S/C14H23NO2/c1-5-9-17-13-8-7-12(10-14(13)16-4)11(3)15-6-2/h7-8,10-11,15H,5-6,9H2,1-4H3. The Bertz CT molecular complexity index is 339. The zero-order valence-electron chi connectivity index (χ0n) is 11.2. The topological polar surface area (TPSA) is 30.5 Å². The van der Waals surface area contributed by atoms with Gasteiger partial charge in [-0.25, -0.2) is 0 Å². The number of rotatable bonds is 7. The highest BCUT2D eigenvalue weighted by Crippen LogP contribution is 2.30. The highest BCUT2D eigenvalue weighted by atomic mass is 16.5. The van der Waals surface area contributed by atoms with E-state index in [0.717, 1.165) is 31.1 Å². The third-order valence-corrected chi connectivity index (χ3v) is 2.66. The molecule has 1 atom stereocenters. The fourth-order valence-corrected chi connectivity index (χ4v) is 1.71. The van der Waals surface area contributed by atoms with E-state index in [1.54, 1.807) is 7.11 Å². The smallest absolute Gasteiger partial charge is 0.161 e. The minimum absolute atomic E-state index is 0.328. The van der Waals surface area contributed by atoms with Gasteiger partial charge in [0.15, 0.2) is 11.5 Å². The van der Waals surface area contributed by atoms with Gasteiger partial charge in [0, 0.05) is 6.04 Å². The molecule has 0 heterocycles. The molecule has 3 heteroatoms. The molecular weight excluding hydrogens is 214 g/mol. The summed E-state index contributed by atoms with van der Waals surface area (Å²) in [6.45, 7) is 8.02. The van der Waals surface area contributed by atoms with Crippen LogP contribution < -0.4 is 14.8 Å². The lowest BCUT2D eigenvalue weighted by Crippen LogP contribution is -2.17. The van der Waals surface area contributed by atoms with Crippen molar-refractivity contribution in [3.8, 4) is 11.5 Å². The van der Waals surface area contributed by atoms with Gasteiger partial charge in [-0.05, 0) is 37.6 Å². The number of hydrogen-bond acceptors (Lipinski definition) is 3. The second-order valence-electron chi connectivity index (χ2n) is 4.04. The van der Waals surface area contributed by atoms with E-state index in [-0.39, 0.29) is 0 Å². The molecule has 96 valence electrons. The van der Waals surface area contributed by atoms with Crippen LogP contribution in [0.2, 0.25) is 0 Å². The largest absolute Gasteiger partial charge is 0.493 e. The molecule has 1 N–H and O–H groups in total. The Morgan fingerprint density at radius 1 is 1.24 bits per heavy atom. The second kappa shape index (κ2) is 7.17. The van der Waals surface area contributed by atoms with Crippen molar-refractivity contribution in [1.29, 1.82) is 0 Å². The Morgan fingerprint density at radius 3 is 2.59 bits per heavy atom. The summed E-state index contributed by atoms with van der Waals surface area (Å²) in [6, 6.07) is 6.44. The third-order valence-electron chi connectivity index (χ3n) is 2.66. The zero-order chi connectivity index (χ0) is 12.7. The van der Waals surface area contributed by atoms with Crippen molar-refractivity contribution in [2.45, 2.75) is 33.2 Å². The molecule has 17 heavy (non-hydrogen) atoms. The minimum Gasteiger partial charge on any atom is -0.493 e. The quantitative estimate of drug-likeness (QED) is 0.790. The lowest BCUT2D eigenvalue weighted by atomic mass is 10.1. The van der Waals surface area contributed by atoms with Crippen LogP contribution in [0.15, 0.2) is 18.2 Å². The molecule has 1 aromatic carbocycles. The van der Waals surface area contributed by atoms with Gasteiger partial charge in [0.25, 0.3) is 0 Å². The van der Waals surface area contributed by atoms with E-state index in [0.29, 0.717) is 6.04 Å². The summed E-state index contributed by atoms with van der Waals surface area (Å²) in [4.78, 5) is 0. The molecule has 0 saturated heterocycles. The van der Waals surface area contributed by atoms with Gasteiger partial charge in [-0.3, -0.25) is 0 Å². The van der Waals surface area contributed by atoms with Crippen molar-refractivity contribution in [1.82, 2.24) is 5.32 Å². The minimum atomic E-state index is 0.328. The molecule has 0 amide bonds. The highest BCUT2D eigenvalue weighted by molar-refractivity contribution is 5.43. The average molecular weight is 237 g/mol. The van der Waals surface area contributed by atoms with Crippen LogP contribution >= 0.6 is 0 Å². The van der Waals surface area contributed by atoms with Gasteiger partial charge in [0.05, 0.1) is 13.7 Å². The lowest BCUT2D eigenvalue weighted by molar-refractivity contribution is 0.294. The summed E-state index contributed by atoms with van der Waals surface area (Å²) in [5, 5.41) is 3.38. The number of hydrogen-bond donors (Lipinski definition) is 1. The Balaban J connectivity index is 2.83. The maximum Gasteiger partial charge on any atom is 0.161 e. The summed E-state index contributed by atoms with van der Waals surface area (Å²) in [6.07, 6.45) is 0.999. The predicted octanol–water partition coefficient (Wildman–Crippen LogP) is 3.15. The van der Waals surface area contributed by atoms with Crippen LogP contribution in [0.25, 0.3) is 0 Å². The van der Waals surface area contributed by atoms with Gasteiger partial charge in [0.1, 0.15) is 0 Å². The maximum atomic E-state index is 5.63. The van der Waals surface area contributed by atoms with Crippen molar-refractivity contribution in [2.75, 3.05) is 20.3 Å². The summed E-state index contributed by atoms with van der Waals surface area (Å²) in [5.74, 6) is 1.63. The van der Waals surface area contributed by atoms with E-state index in [1.165, 1.54) is 5.56 Å². The van der Waals surface area contributed by atoms with Crippen molar-refractivity contribution in [3.63, 3.8) is 0 Å². The first-order valence-electron chi connectivity index (χ1n) is 6.27. The Hall–Kier alpha value is -1.22. The molecule has 0 aromatic heterocycles. The molecule has 0 bridgehead atoms. The van der Waals surface area contributed by atoms with Crippen molar-refractivity contribution >= 4 is 0 Å². The first-order chi connectivity index (χ1) is 8.22. The van der Waals surface area contributed by atoms with E-state index in [4.69, 9.17) is 9.47 Å². The Labute approximate surface area is 104 Å². The molecule has 1 aromatic rings. The fraction of sp³-hybridized carbons (Fsp3) is 0.571. The summed E-state index contributed by atoms with van der Waals surface area (Å²) >= 11 is 0. The van der Waals surface area contributed by atoms with Crippen LogP contribution in [0.4, 0.5) is 0 Å². The molecular formula is C14H23NO2. The molecule has 0 fully saturated rings. The van der Waals surface area contributed by atoms with Crippen molar-refractivity contribution < 1.29 is 9.47 Å². The van der Waals surface area contributed by atoms with E-state index in [2.05, 4.69) is 32.2 Å². The molecule has 1 rings (SSSR count). The van der Waals surface area contributed by atoms with Gasteiger partial charge >= 0.3 is 0 Å². The van der Waals surface area contributed by atoms with Gasteiger partial charge in [-0.1, -0.05) is 19.9 Å². The maximum absolute atomic E-state index is 5.63. The first-order valence-corrected chi connectivity index (χ1v) is 6.27. The van der Waals surface area contributed by atoms with E-state index in [1.807, 2.05) is 12.1 Å². The Kier molecular flexibility index (Phi) is 5.84. The van der Waals surface area contributed by atoms with E-state index >= 15 is 0 Å². The molecule has 0 saturated carbocycles. The van der Waals surface area contributed by atoms with Gasteiger partial charge in [0.2, 0.25) is 0 Å². The predicted molar refractivity (Wildman–Crippen MR) is 70.9 cm³/mol. The molecule has 0 aliphatic carbocycles. The number of ether oxygens (including phenoxy) is 2. The Morgan fingerprint density at radius 2 is 2.00 bits per heavy atom. The molecule has 0 aliphatic rings. The lowest BCUT2D eigenvalue weighted by Gasteiger charge is -2.16. The first kappa shape index (κ1) is 13.8. The van der Waals surface area contributed by atoms with Crippen LogP contribution in [-0.4, -0.2) is 20.3 Å². The van der Waals surface area contributed by atoms with Gasteiger partial charge in [-0.2, -0.15) is 0 Å². The number of methoxy groups -OCH3 is 1. The molecule has 1 unspecified atom stereocenters. The van der Waals surface area contributed by atoms with E-state index in [9.17, 15) is 0 Å². The van der Waals surface area contributed by atoms with Crippen LogP contribution in [-0.2, 0) is 0 Å². The van der Waals surface area contributed by atoms with E-state index < -0.39 is 0 Å².